The van der Waals surface area contributed by atoms with E-state index in [9.17, 15) is 19.5 Å². The molecule has 0 aliphatic heterocycles. The van der Waals surface area contributed by atoms with Gasteiger partial charge in [-0.25, -0.2) is 9.59 Å². The van der Waals surface area contributed by atoms with Crippen LogP contribution in [0.1, 0.15) is 55.6 Å². The first-order valence-electron chi connectivity index (χ1n) is 12.1. The van der Waals surface area contributed by atoms with E-state index in [0.717, 1.165) is 30.4 Å². The number of amides is 2. The van der Waals surface area contributed by atoms with Gasteiger partial charge in [0.1, 0.15) is 12.1 Å². The summed E-state index contributed by atoms with van der Waals surface area (Å²) in [4.78, 5) is 36.9. The number of carboxylic acid groups (broad SMARTS) is 1. The molecule has 5 rings (SSSR count). The van der Waals surface area contributed by atoms with E-state index >= 15 is 0 Å². The van der Waals surface area contributed by atoms with Crippen LogP contribution in [-0.4, -0.2) is 41.8 Å². The first-order valence-corrected chi connectivity index (χ1v) is 12.1. The third kappa shape index (κ3) is 4.04. The molecule has 178 valence electrons. The van der Waals surface area contributed by atoms with Crippen molar-refractivity contribution >= 4 is 18.0 Å². The molecule has 0 bridgehead atoms. The minimum absolute atomic E-state index is 0.00200. The first kappa shape index (κ1) is 22.4. The van der Waals surface area contributed by atoms with E-state index in [2.05, 4.69) is 34.9 Å². The van der Waals surface area contributed by atoms with Crippen LogP contribution >= 0.6 is 0 Å². The molecular formula is C27H30N2O5. The van der Waals surface area contributed by atoms with Crippen molar-refractivity contribution in [1.82, 2.24) is 10.6 Å². The molecule has 2 aromatic carbocycles. The van der Waals surface area contributed by atoms with E-state index in [0.29, 0.717) is 25.8 Å². The van der Waals surface area contributed by atoms with Crippen LogP contribution in [-0.2, 0) is 14.3 Å². The molecular weight excluding hydrogens is 432 g/mol. The van der Waals surface area contributed by atoms with Crippen molar-refractivity contribution in [1.29, 1.82) is 0 Å². The van der Waals surface area contributed by atoms with Gasteiger partial charge in [0.2, 0.25) is 5.91 Å². The molecule has 0 heterocycles. The SMILES string of the molecule is O=C(NC[C@H]1CCC[C@H]1C(=O)NC1(C(=O)O)CCC1)OCC1c2ccccc2-c2ccccc21. The second kappa shape index (κ2) is 9.12. The topological polar surface area (TPSA) is 105 Å². The van der Waals surface area contributed by atoms with Crippen LogP contribution in [0.2, 0.25) is 0 Å². The number of carbonyl (C=O) groups is 3. The van der Waals surface area contributed by atoms with Gasteiger partial charge in [-0.05, 0) is 60.3 Å². The standard InChI is InChI=1S/C27H30N2O5/c30-24(29-27(25(31)32)13-6-14-27)18-12-5-7-17(18)15-28-26(33)34-16-23-21-10-3-1-8-19(21)20-9-2-4-11-22(20)23/h1-4,8-11,17-18,23H,5-7,12-16H2,(H,28,33)(H,29,30)(H,31,32)/t17-,18-/m1/s1. The Bertz CT molecular complexity index is 1060. The molecule has 3 aliphatic rings. The molecule has 0 unspecified atom stereocenters. The van der Waals surface area contributed by atoms with Gasteiger partial charge in [-0.2, -0.15) is 0 Å². The van der Waals surface area contributed by atoms with Crippen LogP contribution in [0.25, 0.3) is 11.1 Å². The summed E-state index contributed by atoms with van der Waals surface area (Å²) in [6, 6.07) is 16.4. The lowest BCUT2D eigenvalue weighted by Crippen LogP contribution is -2.60. The fraction of sp³-hybridized carbons (Fsp3) is 0.444. The van der Waals surface area contributed by atoms with Crippen LogP contribution in [0.5, 0.6) is 0 Å². The molecule has 3 N–H and O–H groups in total. The fourth-order valence-electron chi connectivity index (χ4n) is 5.74. The van der Waals surface area contributed by atoms with Crippen LogP contribution in [0.3, 0.4) is 0 Å². The third-order valence-electron chi connectivity index (χ3n) is 7.83. The number of hydrogen-bond acceptors (Lipinski definition) is 4. The number of alkyl carbamates (subject to hydrolysis) is 1. The molecule has 2 aromatic rings. The molecule has 0 radical (unpaired) electrons. The van der Waals surface area contributed by atoms with E-state index in [1.807, 2.05) is 24.3 Å². The van der Waals surface area contributed by atoms with Crippen LogP contribution in [0, 0.1) is 11.8 Å². The number of hydrogen-bond donors (Lipinski definition) is 3. The monoisotopic (exact) mass is 462 g/mol. The predicted molar refractivity (Wildman–Crippen MR) is 126 cm³/mol. The maximum absolute atomic E-state index is 12.8. The van der Waals surface area contributed by atoms with Crippen molar-refractivity contribution in [3.05, 3.63) is 59.7 Å². The Hall–Kier alpha value is -3.35. The Kier molecular flexibility index (Phi) is 6.02. The van der Waals surface area contributed by atoms with Crippen LogP contribution in [0.4, 0.5) is 4.79 Å². The molecule has 34 heavy (non-hydrogen) atoms. The van der Waals surface area contributed by atoms with Gasteiger partial charge in [-0.3, -0.25) is 4.79 Å². The van der Waals surface area contributed by atoms with Crippen LogP contribution < -0.4 is 10.6 Å². The molecule has 0 saturated heterocycles. The highest BCUT2D eigenvalue weighted by Gasteiger charge is 2.47. The highest BCUT2D eigenvalue weighted by Crippen LogP contribution is 2.44. The van der Waals surface area contributed by atoms with Crippen molar-refractivity contribution in [2.45, 2.75) is 50.0 Å². The van der Waals surface area contributed by atoms with Crippen molar-refractivity contribution in [2.24, 2.45) is 11.8 Å². The van der Waals surface area contributed by atoms with Gasteiger partial charge in [0.05, 0.1) is 0 Å². The van der Waals surface area contributed by atoms with Gasteiger partial charge in [0.25, 0.3) is 0 Å². The van der Waals surface area contributed by atoms with Gasteiger partial charge in [0.15, 0.2) is 0 Å². The summed E-state index contributed by atoms with van der Waals surface area (Å²) >= 11 is 0. The Labute approximate surface area is 198 Å². The third-order valence-corrected chi connectivity index (χ3v) is 7.83. The molecule has 3 aliphatic carbocycles. The molecule has 2 amide bonds. The number of nitrogens with one attached hydrogen (secondary N) is 2. The zero-order valence-electron chi connectivity index (χ0n) is 19.1. The van der Waals surface area contributed by atoms with Crippen molar-refractivity contribution in [3.8, 4) is 11.1 Å². The summed E-state index contributed by atoms with van der Waals surface area (Å²) in [5, 5.41) is 15.1. The largest absolute Gasteiger partial charge is 0.480 e. The van der Waals surface area contributed by atoms with Gasteiger partial charge < -0.3 is 20.5 Å². The second-order valence-corrected chi connectivity index (χ2v) is 9.73. The molecule has 7 nitrogen and oxygen atoms in total. The Morgan fingerprint density at radius 3 is 2.18 bits per heavy atom. The second-order valence-electron chi connectivity index (χ2n) is 9.73. The van der Waals surface area contributed by atoms with E-state index in [-0.39, 0.29) is 30.3 Å². The molecule has 2 fully saturated rings. The summed E-state index contributed by atoms with van der Waals surface area (Å²) < 4.78 is 5.61. The van der Waals surface area contributed by atoms with Gasteiger partial charge in [0, 0.05) is 18.4 Å². The summed E-state index contributed by atoms with van der Waals surface area (Å²) in [6.45, 7) is 0.588. The number of aliphatic carboxylic acids is 1. The fourth-order valence-corrected chi connectivity index (χ4v) is 5.74. The van der Waals surface area contributed by atoms with E-state index < -0.39 is 17.6 Å². The minimum atomic E-state index is -1.11. The molecule has 2 saturated carbocycles. The number of fused-ring (bicyclic) bond motifs is 3. The summed E-state index contributed by atoms with van der Waals surface area (Å²) in [6.07, 6.45) is 3.68. The normalized spacial score (nSPS) is 22.2. The van der Waals surface area contributed by atoms with Crippen molar-refractivity contribution in [3.63, 3.8) is 0 Å². The minimum Gasteiger partial charge on any atom is -0.480 e. The zero-order chi connectivity index (χ0) is 23.7. The van der Waals surface area contributed by atoms with Gasteiger partial charge in [-0.15, -0.1) is 0 Å². The molecule has 0 spiro atoms. The average Bonchev–Trinajstić information content (AvgIpc) is 3.41. The highest BCUT2D eigenvalue weighted by atomic mass is 16.5. The number of carboxylic acids is 1. The van der Waals surface area contributed by atoms with E-state index in [1.54, 1.807) is 0 Å². The van der Waals surface area contributed by atoms with Crippen molar-refractivity contribution in [2.75, 3.05) is 13.2 Å². The van der Waals surface area contributed by atoms with Gasteiger partial charge in [-0.1, -0.05) is 55.0 Å². The summed E-state index contributed by atoms with van der Waals surface area (Å²) in [5.74, 6) is -1.48. The van der Waals surface area contributed by atoms with Gasteiger partial charge >= 0.3 is 12.1 Å². The lowest BCUT2D eigenvalue weighted by atomic mass is 9.76. The summed E-state index contributed by atoms with van der Waals surface area (Å²) in [7, 11) is 0. The quantitative estimate of drug-likeness (QED) is 0.576. The zero-order valence-corrected chi connectivity index (χ0v) is 19.1. The average molecular weight is 463 g/mol. The highest BCUT2D eigenvalue weighted by molar-refractivity contribution is 5.89. The number of rotatable bonds is 7. The smallest absolute Gasteiger partial charge is 0.407 e. The Morgan fingerprint density at radius 2 is 1.59 bits per heavy atom. The number of carbonyl (C=O) groups excluding carboxylic acids is 2. The predicted octanol–water partition coefficient (Wildman–Crippen LogP) is 4.06. The maximum Gasteiger partial charge on any atom is 0.407 e. The number of benzene rings is 2. The van der Waals surface area contributed by atoms with E-state index in [1.165, 1.54) is 11.1 Å². The summed E-state index contributed by atoms with van der Waals surface area (Å²) in [5.41, 5.74) is 3.57. The molecule has 7 heteroatoms. The van der Waals surface area contributed by atoms with Crippen LogP contribution in [0.15, 0.2) is 48.5 Å². The lowest BCUT2D eigenvalue weighted by Gasteiger charge is -2.39. The molecule has 2 atom stereocenters. The Morgan fingerprint density at radius 1 is 0.941 bits per heavy atom. The molecule has 0 aromatic heterocycles. The maximum atomic E-state index is 12.8. The first-order chi connectivity index (χ1) is 16.5. The number of ether oxygens (including phenoxy) is 1. The lowest BCUT2D eigenvalue weighted by molar-refractivity contribution is -0.152. The Balaban J connectivity index is 1.15. The van der Waals surface area contributed by atoms with E-state index in [4.69, 9.17) is 4.74 Å². The van der Waals surface area contributed by atoms with Crippen molar-refractivity contribution < 1.29 is 24.2 Å².